The maximum Gasteiger partial charge on any atom is 0.259 e. The first kappa shape index (κ1) is 15.7. The van der Waals surface area contributed by atoms with Gasteiger partial charge in [0.25, 0.3) is 5.91 Å². The number of benzene rings is 1. The van der Waals surface area contributed by atoms with Crippen molar-refractivity contribution in [3.05, 3.63) is 47.7 Å². The van der Waals surface area contributed by atoms with Crippen LogP contribution < -0.4 is 5.32 Å². The number of aryl methyl sites for hydroxylation is 2. The number of nitrogens with zero attached hydrogens (tertiary/aromatic N) is 2. The second-order valence-electron chi connectivity index (χ2n) is 6.12. The monoisotopic (exact) mass is 313 g/mol. The molecular weight excluding hydrogens is 290 g/mol. The molecule has 23 heavy (non-hydrogen) atoms. The molecule has 0 aliphatic heterocycles. The van der Waals surface area contributed by atoms with Gasteiger partial charge in [0.2, 0.25) is 0 Å². The van der Waals surface area contributed by atoms with Gasteiger partial charge < -0.3 is 10.1 Å². The largest absolute Gasteiger partial charge is 0.360 e. The summed E-state index contributed by atoms with van der Waals surface area (Å²) < 4.78 is 7.81. The van der Waals surface area contributed by atoms with E-state index in [1.54, 1.807) is 4.68 Å². The van der Waals surface area contributed by atoms with Crippen LogP contribution in [0.5, 0.6) is 0 Å². The van der Waals surface area contributed by atoms with Gasteiger partial charge in [0, 0.05) is 13.1 Å². The van der Waals surface area contributed by atoms with Crippen LogP contribution in [0, 0.1) is 6.92 Å². The van der Waals surface area contributed by atoms with Crippen molar-refractivity contribution in [3.8, 4) is 0 Å². The van der Waals surface area contributed by atoms with E-state index in [1.165, 1.54) is 12.8 Å². The Bertz CT molecular complexity index is 660. The van der Waals surface area contributed by atoms with Crippen LogP contribution in [0.3, 0.4) is 0 Å². The number of hydrogen-bond donors (Lipinski definition) is 1. The van der Waals surface area contributed by atoms with Crippen molar-refractivity contribution in [2.75, 3.05) is 5.32 Å². The molecule has 1 aromatic carbocycles. The Kier molecular flexibility index (Phi) is 4.76. The fraction of sp³-hybridized carbons (Fsp3) is 0.444. The van der Waals surface area contributed by atoms with E-state index in [0.717, 1.165) is 24.1 Å². The van der Waals surface area contributed by atoms with Crippen LogP contribution >= 0.6 is 0 Å². The predicted octanol–water partition coefficient (Wildman–Crippen LogP) is 3.37. The number of nitrogens with one attached hydrogen (secondary N) is 1. The molecule has 2 aromatic rings. The Hall–Kier alpha value is -2.14. The smallest absolute Gasteiger partial charge is 0.259 e. The standard InChI is InChI=1S/C18H23N3O2/c1-13-12-16(21(2)20-13)19-18(22)17(14-8-4-3-5-9-14)23-15-10-6-7-11-15/h3-5,8-9,12,15,17H,6-7,10-11H2,1-2H3,(H,19,22). The van der Waals surface area contributed by atoms with Gasteiger partial charge in [-0.05, 0) is 25.3 Å². The summed E-state index contributed by atoms with van der Waals surface area (Å²) in [5.74, 6) is 0.537. The van der Waals surface area contributed by atoms with E-state index in [1.807, 2.05) is 50.4 Å². The summed E-state index contributed by atoms with van der Waals surface area (Å²) in [6, 6.07) is 11.5. The van der Waals surface area contributed by atoms with Gasteiger partial charge in [0.05, 0.1) is 11.8 Å². The summed E-state index contributed by atoms with van der Waals surface area (Å²) >= 11 is 0. The Morgan fingerprint density at radius 1 is 1.30 bits per heavy atom. The topological polar surface area (TPSA) is 56.1 Å². The number of ether oxygens (including phenoxy) is 1. The second-order valence-corrected chi connectivity index (χ2v) is 6.12. The second kappa shape index (κ2) is 6.96. The third-order valence-electron chi connectivity index (χ3n) is 4.22. The highest BCUT2D eigenvalue weighted by molar-refractivity contribution is 5.94. The number of hydrogen-bond acceptors (Lipinski definition) is 3. The van der Waals surface area contributed by atoms with E-state index in [-0.39, 0.29) is 12.0 Å². The van der Waals surface area contributed by atoms with Crippen LogP contribution in [0.15, 0.2) is 36.4 Å². The molecule has 1 aliphatic carbocycles. The average Bonchev–Trinajstić information content (AvgIpc) is 3.15. The molecule has 1 atom stereocenters. The zero-order valence-corrected chi connectivity index (χ0v) is 13.7. The summed E-state index contributed by atoms with van der Waals surface area (Å²) in [5.41, 5.74) is 1.76. The Labute approximate surface area is 136 Å². The van der Waals surface area contributed by atoms with E-state index in [4.69, 9.17) is 4.74 Å². The zero-order chi connectivity index (χ0) is 16.2. The van der Waals surface area contributed by atoms with E-state index >= 15 is 0 Å². The fourth-order valence-electron chi connectivity index (χ4n) is 3.06. The molecule has 122 valence electrons. The normalized spacial score (nSPS) is 16.4. The van der Waals surface area contributed by atoms with Crippen LogP contribution in [-0.2, 0) is 16.6 Å². The van der Waals surface area contributed by atoms with Gasteiger partial charge in [-0.1, -0.05) is 43.2 Å². The van der Waals surface area contributed by atoms with Crippen molar-refractivity contribution < 1.29 is 9.53 Å². The lowest BCUT2D eigenvalue weighted by Gasteiger charge is -2.22. The lowest BCUT2D eigenvalue weighted by Crippen LogP contribution is -2.27. The molecule has 0 saturated heterocycles. The molecule has 1 N–H and O–H groups in total. The summed E-state index contributed by atoms with van der Waals surface area (Å²) in [7, 11) is 1.82. The van der Waals surface area contributed by atoms with Crippen LogP contribution in [0.2, 0.25) is 0 Å². The molecule has 1 unspecified atom stereocenters. The quantitative estimate of drug-likeness (QED) is 0.921. The molecule has 1 fully saturated rings. The minimum absolute atomic E-state index is 0.147. The Morgan fingerprint density at radius 3 is 2.61 bits per heavy atom. The van der Waals surface area contributed by atoms with Gasteiger partial charge in [-0.2, -0.15) is 5.10 Å². The summed E-state index contributed by atoms with van der Waals surface area (Å²) in [5, 5.41) is 7.20. The van der Waals surface area contributed by atoms with Gasteiger partial charge in [0.1, 0.15) is 5.82 Å². The fourth-order valence-corrected chi connectivity index (χ4v) is 3.06. The van der Waals surface area contributed by atoms with Crippen molar-refractivity contribution in [3.63, 3.8) is 0 Å². The molecule has 5 heteroatoms. The van der Waals surface area contributed by atoms with Crippen LogP contribution in [0.4, 0.5) is 5.82 Å². The van der Waals surface area contributed by atoms with Crippen molar-refractivity contribution in [1.82, 2.24) is 9.78 Å². The molecule has 1 aliphatic rings. The van der Waals surface area contributed by atoms with Gasteiger partial charge in [-0.3, -0.25) is 9.48 Å². The van der Waals surface area contributed by atoms with Gasteiger partial charge in [-0.25, -0.2) is 0 Å². The van der Waals surface area contributed by atoms with Crippen LogP contribution in [-0.4, -0.2) is 21.8 Å². The number of rotatable bonds is 5. The van der Waals surface area contributed by atoms with Crippen molar-refractivity contribution in [1.29, 1.82) is 0 Å². The lowest BCUT2D eigenvalue weighted by molar-refractivity contribution is -0.131. The maximum absolute atomic E-state index is 12.8. The molecule has 3 rings (SSSR count). The summed E-state index contributed by atoms with van der Waals surface area (Å²) in [4.78, 5) is 12.8. The zero-order valence-electron chi connectivity index (χ0n) is 13.7. The number of amides is 1. The van der Waals surface area contributed by atoms with Crippen molar-refractivity contribution in [2.24, 2.45) is 7.05 Å². The number of aromatic nitrogens is 2. The molecule has 1 saturated carbocycles. The minimum atomic E-state index is -0.588. The van der Waals surface area contributed by atoms with Crippen molar-refractivity contribution >= 4 is 11.7 Å². The van der Waals surface area contributed by atoms with Gasteiger partial charge in [0.15, 0.2) is 6.10 Å². The first-order valence-corrected chi connectivity index (χ1v) is 8.15. The third-order valence-corrected chi connectivity index (χ3v) is 4.22. The van der Waals surface area contributed by atoms with Gasteiger partial charge >= 0.3 is 0 Å². The summed E-state index contributed by atoms with van der Waals surface area (Å²) in [6.45, 7) is 1.90. The molecule has 1 heterocycles. The molecule has 1 aromatic heterocycles. The molecule has 1 amide bonds. The molecule has 5 nitrogen and oxygen atoms in total. The summed E-state index contributed by atoms with van der Waals surface area (Å²) in [6.07, 6.45) is 3.99. The minimum Gasteiger partial charge on any atom is -0.360 e. The van der Waals surface area contributed by atoms with E-state index in [0.29, 0.717) is 5.82 Å². The average molecular weight is 313 g/mol. The number of carbonyl (C=O) groups is 1. The molecule has 0 radical (unpaired) electrons. The lowest BCUT2D eigenvalue weighted by atomic mass is 10.1. The highest BCUT2D eigenvalue weighted by Gasteiger charge is 2.27. The van der Waals surface area contributed by atoms with Crippen LogP contribution in [0.25, 0.3) is 0 Å². The highest BCUT2D eigenvalue weighted by Crippen LogP contribution is 2.28. The van der Waals surface area contributed by atoms with E-state index in [9.17, 15) is 4.79 Å². The Morgan fingerprint density at radius 2 is 2.00 bits per heavy atom. The van der Waals surface area contributed by atoms with E-state index in [2.05, 4.69) is 10.4 Å². The molecule has 0 bridgehead atoms. The maximum atomic E-state index is 12.8. The Balaban J connectivity index is 1.79. The first-order chi connectivity index (χ1) is 11.1. The van der Waals surface area contributed by atoms with Crippen molar-refractivity contribution in [2.45, 2.75) is 44.8 Å². The molecule has 0 spiro atoms. The SMILES string of the molecule is Cc1cc(NC(=O)C(OC2CCCC2)c2ccccc2)n(C)n1. The number of carbonyl (C=O) groups excluding carboxylic acids is 1. The number of anilines is 1. The predicted molar refractivity (Wildman–Crippen MR) is 89.1 cm³/mol. The van der Waals surface area contributed by atoms with E-state index < -0.39 is 6.10 Å². The first-order valence-electron chi connectivity index (χ1n) is 8.15. The van der Waals surface area contributed by atoms with Crippen LogP contribution in [0.1, 0.15) is 43.0 Å². The third kappa shape index (κ3) is 3.79. The molecular formula is C18H23N3O2. The van der Waals surface area contributed by atoms with Gasteiger partial charge in [-0.15, -0.1) is 0 Å². The highest BCUT2D eigenvalue weighted by atomic mass is 16.5.